The number of methoxy groups -OCH3 is 1. The summed E-state index contributed by atoms with van der Waals surface area (Å²) in [5, 5.41) is 2.70. The van der Waals surface area contributed by atoms with Crippen LogP contribution < -0.4 is 5.56 Å². The summed E-state index contributed by atoms with van der Waals surface area (Å²) >= 11 is 0. The van der Waals surface area contributed by atoms with Gasteiger partial charge in [-0.1, -0.05) is 6.42 Å². The smallest absolute Gasteiger partial charge is 0.323 e. The summed E-state index contributed by atoms with van der Waals surface area (Å²) in [7, 11) is 1.40. The predicted octanol–water partition coefficient (Wildman–Crippen LogP) is -0.0549. The first-order valence-corrected chi connectivity index (χ1v) is 6.93. The lowest BCUT2D eigenvalue weighted by Gasteiger charge is -2.33. The third-order valence-electron chi connectivity index (χ3n) is 3.77. The molecule has 0 spiro atoms. The highest BCUT2D eigenvalue weighted by Crippen LogP contribution is 2.19. The Hall–Kier alpha value is -2.22. The molecule has 1 N–H and O–H groups in total. The molecule has 2 aromatic rings. The number of aromatic nitrogens is 4. The molecular formula is C13H17N5O3. The van der Waals surface area contributed by atoms with Gasteiger partial charge in [-0.25, -0.2) is 9.97 Å². The van der Waals surface area contributed by atoms with Gasteiger partial charge in [0.15, 0.2) is 0 Å². The lowest BCUT2D eigenvalue weighted by Crippen LogP contribution is -2.44. The second-order valence-corrected chi connectivity index (χ2v) is 5.11. The van der Waals surface area contributed by atoms with Crippen molar-refractivity contribution in [3.63, 3.8) is 0 Å². The van der Waals surface area contributed by atoms with Crippen LogP contribution in [-0.4, -0.2) is 50.1 Å². The number of hydrogen-bond acceptors (Lipinski definition) is 6. The Morgan fingerprint density at radius 2 is 2.38 bits per heavy atom. The van der Waals surface area contributed by atoms with Crippen molar-refractivity contribution in [1.29, 1.82) is 0 Å². The van der Waals surface area contributed by atoms with Gasteiger partial charge in [0.05, 0.1) is 12.8 Å². The van der Waals surface area contributed by atoms with Gasteiger partial charge in [0, 0.05) is 12.6 Å². The fourth-order valence-corrected chi connectivity index (χ4v) is 2.74. The molecule has 8 nitrogen and oxygen atoms in total. The Balaban J connectivity index is 1.85. The van der Waals surface area contributed by atoms with Crippen LogP contribution in [0, 0.1) is 0 Å². The normalized spacial score (nSPS) is 19.8. The first-order chi connectivity index (χ1) is 10.2. The summed E-state index contributed by atoms with van der Waals surface area (Å²) in [6.07, 6.45) is 4.23. The van der Waals surface area contributed by atoms with Crippen LogP contribution in [-0.2, 0) is 16.1 Å². The third-order valence-corrected chi connectivity index (χ3v) is 3.77. The van der Waals surface area contributed by atoms with Gasteiger partial charge < -0.3 is 4.74 Å². The van der Waals surface area contributed by atoms with Crippen molar-refractivity contribution in [3.8, 4) is 0 Å². The summed E-state index contributed by atoms with van der Waals surface area (Å²) in [5.74, 6) is 0.108. The van der Waals surface area contributed by atoms with E-state index in [-0.39, 0.29) is 17.6 Å². The third kappa shape index (κ3) is 2.66. The second kappa shape index (κ2) is 5.65. The van der Waals surface area contributed by atoms with Crippen molar-refractivity contribution in [2.75, 3.05) is 13.7 Å². The van der Waals surface area contributed by atoms with Gasteiger partial charge in [-0.05, 0) is 19.4 Å². The maximum absolute atomic E-state index is 11.9. The zero-order chi connectivity index (χ0) is 14.8. The van der Waals surface area contributed by atoms with Crippen LogP contribution >= 0.6 is 0 Å². The monoisotopic (exact) mass is 291 g/mol. The molecule has 0 unspecified atom stereocenters. The Morgan fingerprint density at radius 1 is 1.52 bits per heavy atom. The van der Waals surface area contributed by atoms with E-state index in [9.17, 15) is 9.59 Å². The number of rotatable bonds is 3. The largest absolute Gasteiger partial charge is 0.468 e. The minimum atomic E-state index is -0.261. The topological polar surface area (TPSA) is 92.6 Å². The number of nitrogens with one attached hydrogen (secondary N) is 1. The molecule has 1 atom stereocenters. The molecule has 1 aliphatic heterocycles. The number of carbonyl (C=O) groups is 1. The minimum absolute atomic E-state index is 0.209. The number of nitrogens with zero attached hydrogens (tertiary/aromatic N) is 4. The van der Waals surface area contributed by atoms with E-state index >= 15 is 0 Å². The van der Waals surface area contributed by atoms with Crippen molar-refractivity contribution >= 4 is 11.7 Å². The second-order valence-electron chi connectivity index (χ2n) is 5.11. The van der Waals surface area contributed by atoms with Gasteiger partial charge in [-0.15, -0.1) is 0 Å². The molecule has 1 aliphatic rings. The Kier molecular flexibility index (Phi) is 3.70. The summed E-state index contributed by atoms with van der Waals surface area (Å²) in [5.41, 5.74) is 0.405. The van der Waals surface area contributed by atoms with Gasteiger partial charge in [0.1, 0.15) is 12.4 Å². The van der Waals surface area contributed by atoms with Gasteiger partial charge in [-0.3, -0.25) is 19.6 Å². The van der Waals surface area contributed by atoms with Crippen LogP contribution in [0.2, 0.25) is 0 Å². The van der Waals surface area contributed by atoms with E-state index in [4.69, 9.17) is 4.74 Å². The number of aromatic amines is 1. The molecule has 0 aromatic carbocycles. The van der Waals surface area contributed by atoms with Crippen molar-refractivity contribution < 1.29 is 9.53 Å². The standard InChI is InChI=1S/C13H17N5O3/c1-21-12(20)10-4-2-3-5-17(10)7-9-6-11(19)18-13(16-9)14-8-15-18/h6,8,10H,2-5,7H2,1H3,(H,14,15,16)/t10-/m1/s1. The fourth-order valence-electron chi connectivity index (χ4n) is 2.74. The van der Waals surface area contributed by atoms with Crippen molar-refractivity contribution in [1.82, 2.24) is 24.5 Å². The maximum atomic E-state index is 11.9. The molecule has 1 fully saturated rings. The first-order valence-electron chi connectivity index (χ1n) is 6.93. The van der Waals surface area contributed by atoms with Gasteiger partial charge in [0.25, 0.3) is 11.3 Å². The summed E-state index contributed by atoms with van der Waals surface area (Å²) < 4.78 is 6.13. The minimum Gasteiger partial charge on any atom is -0.468 e. The number of hydrogen-bond donors (Lipinski definition) is 1. The molecule has 1 saturated heterocycles. The first kappa shape index (κ1) is 13.7. The highest BCUT2D eigenvalue weighted by atomic mass is 16.5. The van der Waals surface area contributed by atoms with Crippen LogP contribution in [0.3, 0.4) is 0 Å². The Morgan fingerprint density at radius 3 is 3.19 bits per heavy atom. The average Bonchev–Trinajstić information content (AvgIpc) is 2.96. The zero-order valence-corrected chi connectivity index (χ0v) is 11.8. The van der Waals surface area contributed by atoms with E-state index in [0.29, 0.717) is 18.0 Å². The lowest BCUT2D eigenvalue weighted by molar-refractivity contribution is -0.148. The summed E-state index contributed by atoms with van der Waals surface area (Å²) in [6, 6.07) is 1.21. The average molecular weight is 291 g/mol. The van der Waals surface area contributed by atoms with Gasteiger partial charge >= 0.3 is 5.97 Å². The molecule has 2 aromatic heterocycles. The highest BCUT2D eigenvalue weighted by molar-refractivity contribution is 5.75. The highest BCUT2D eigenvalue weighted by Gasteiger charge is 2.29. The van der Waals surface area contributed by atoms with E-state index in [2.05, 4.69) is 15.1 Å². The number of ether oxygens (including phenoxy) is 1. The number of likely N-dealkylation sites (tertiary alicyclic amines) is 1. The van der Waals surface area contributed by atoms with Crippen LogP contribution in [0.4, 0.5) is 0 Å². The number of carbonyl (C=O) groups excluding carboxylic acids is 1. The van der Waals surface area contributed by atoms with Crippen molar-refractivity contribution in [2.24, 2.45) is 0 Å². The molecule has 0 aliphatic carbocycles. The molecule has 112 valence electrons. The molecule has 8 heteroatoms. The zero-order valence-electron chi connectivity index (χ0n) is 11.8. The molecule has 0 bridgehead atoms. The number of fused-ring (bicyclic) bond motifs is 1. The Bertz CT molecular complexity index is 707. The van der Waals surface area contributed by atoms with E-state index in [0.717, 1.165) is 25.8 Å². The molecular weight excluding hydrogens is 274 g/mol. The lowest BCUT2D eigenvalue weighted by atomic mass is 10.0. The van der Waals surface area contributed by atoms with Crippen LogP contribution in [0.15, 0.2) is 17.2 Å². The van der Waals surface area contributed by atoms with Crippen molar-refractivity contribution in [3.05, 3.63) is 28.4 Å². The predicted molar refractivity (Wildman–Crippen MR) is 73.7 cm³/mol. The SMILES string of the molecule is COC(=O)[C@H]1CCCCN1Cc1cc(=O)n2[nH]cnc2n1. The maximum Gasteiger partial charge on any atom is 0.323 e. The number of esters is 1. The van der Waals surface area contributed by atoms with Crippen LogP contribution in [0.25, 0.3) is 5.78 Å². The van der Waals surface area contributed by atoms with E-state index < -0.39 is 0 Å². The fraction of sp³-hybridized carbons (Fsp3) is 0.538. The number of H-pyrrole nitrogens is 1. The van der Waals surface area contributed by atoms with E-state index in [1.165, 1.54) is 24.0 Å². The van der Waals surface area contributed by atoms with Crippen LogP contribution in [0.1, 0.15) is 25.0 Å². The van der Waals surface area contributed by atoms with Gasteiger partial charge in [0.2, 0.25) is 0 Å². The molecule has 0 amide bonds. The van der Waals surface area contributed by atoms with Crippen LogP contribution in [0.5, 0.6) is 0 Å². The van der Waals surface area contributed by atoms with E-state index in [1.807, 2.05) is 4.90 Å². The van der Waals surface area contributed by atoms with E-state index in [1.54, 1.807) is 0 Å². The Labute approximate surface area is 120 Å². The summed E-state index contributed by atoms with van der Waals surface area (Å²) in [4.78, 5) is 34.1. The van der Waals surface area contributed by atoms with Crippen molar-refractivity contribution in [2.45, 2.75) is 31.8 Å². The molecule has 21 heavy (non-hydrogen) atoms. The number of piperidine rings is 1. The molecule has 0 saturated carbocycles. The quantitative estimate of drug-likeness (QED) is 0.797. The van der Waals surface area contributed by atoms with Gasteiger partial charge in [-0.2, -0.15) is 4.52 Å². The summed E-state index contributed by atoms with van der Waals surface area (Å²) in [6.45, 7) is 1.24. The molecule has 3 heterocycles. The molecule has 3 rings (SSSR count). The molecule has 0 radical (unpaired) electrons.